The van der Waals surface area contributed by atoms with Crippen molar-refractivity contribution in [1.29, 1.82) is 0 Å². The lowest BCUT2D eigenvalue weighted by atomic mass is 10.2. The molecule has 0 saturated carbocycles. The average molecular weight is 245 g/mol. The second kappa shape index (κ2) is 5.49. The van der Waals surface area contributed by atoms with Gasteiger partial charge in [0.2, 0.25) is 0 Å². The van der Waals surface area contributed by atoms with Crippen LogP contribution in [0.25, 0.3) is 10.9 Å². The van der Waals surface area contributed by atoms with Gasteiger partial charge in [-0.1, -0.05) is 18.2 Å². The molecule has 0 spiro atoms. The molecule has 4 nitrogen and oxygen atoms in total. The fourth-order valence-corrected chi connectivity index (χ4v) is 1.68. The Labute approximate surface area is 106 Å². The lowest BCUT2D eigenvalue weighted by molar-refractivity contribution is -0.145. The van der Waals surface area contributed by atoms with Crippen LogP contribution >= 0.6 is 0 Å². The minimum Gasteiger partial charge on any atom is -0.490 e. The lowest BCUT2D eigenvalue weighted by Gasteiger charge is -2.12. The molecule has 0 N–H and O–H groups in total. The molecule has 1 aromatic heterocycles. The molecule has 4 heteroatoms. The molecule has 0 radical (unpaired) electrons. The van der Waals surface area contributed by atoms with Crippen LogP contribution in [0.15, 0.2) is 36.5 Å². The number of fused-ring (bicyclic) bond motifs is 1. The summed E-state index contributed by atoms with van der Waals surface area (Å²) < 4.78 is 10.3. The van der Waals surface area contributed by atoms with Gasteiger partial charge in [0, 0.05) is 11.6 Å². The second-order valence-electron chi connectivity index (χ2n) is 4.07. The summed E-state index contributed by atoms with van der Waals surface area (Å²) in [6.45, 7) is 2.05. The van der Waals surface area contributed by atoms with Gasteiger partial charge in [0.1, 0.15) is 17.9 Å². The molecule has 94 valence electrons. The molecule has 0 saturated heterocycles. The highest BCUT2D eigenvalue weighted by Crippen LogP contribution is 2.23. The number of carbonyl (C=O) groups excluding carboxylic acids is 1. The van der Waals surface area contributed by atoms with E-state index in [4.69, 9.17) is 4.74 Å². The SMILES string of the molecule is COC(=O)C(C)COc1cccc2cccnc12. The summed E-state index contributed by atoms with van der Waals surface area (Å²) in [4.78, 5) is 15.6. The molecule has 18 heavy (non-hydrogen) atoms. The summed E-state index contributed by atoms with van der Waals surface area (Å²) in [7, 11) is 1.37. The number of aromatic nitrogens is 1. The topological polar surface area (TPSA) is 48.4 Å². The molecule has 1 heterocycles. The van der Waals surface area contributed by atoms with Crippen molar-refractivity contribution in [2.24, 2.45) is 5.92 Å². The molecule has 0 aliphatic heterocycles. The molecule has 0 amide bonds. The van der Waals surface area contributed by atoms with E-state index in [9.17, 15) is 4.79 Å². The first-order valence-corrected chi connectivity index (χ1v) is 5.76. The third-order valence-corrected chi connectivity index (χ3v) is 2.69. The summed E-state index contributed by atoms with van der Waals surface area (Å²) in [5.41, 5.74) is 0.803. The molecule has 1 atom stereocenters. The highest BCUT2D eigenvalue weighted by atomic mass is 16.5. The highest BCUT2D eigenvalue weighted by Gasteiger charge is 2.14. The fraction of sp³-hybridized carbons (Fsp3) is 0.286. The first-order chi connectivity index (χ1) is 8.72. The van der Waals surface area contributed by atoms with Crippen molar-refractivity contribution < 1.29 is 14.3 Å². The Morgan fingerprint density at radius 1 is 1.33 bits per heavy atom. The van der Waals surface area contributed by atoms with E-state index in [1.54, 1.807) is 13.1 Å². The highest BCUT2D eigenvalue weighted by molar-refractivity contribution is 5.84. The maximum Gasteiger partial charge on any atom is 0.311 e. The number of rotatable bonds is 4. The quantitative estimate of drug-likeness (QED) is 0.776. The molecule has 0 bridgehead atoms. The van der Waals surface area contributed by atoms with Crippen LogP contribution in [0, 0.1) is 5.92 Å². The van der Waals surface area contributed by atoms with Gasteiger partial charge in [-0.25, -0.2) is 0 Å². The zero-order valence-corrected chi connectivity index (χ0v) is 10.4. The minimum atomic E-state index is -0.297. The van der Waals surface area contributed by atoms with Gasteiger partial charge in [0.15, 0.2) is 0 Å². The zero-order chi connectivity index (χ0) is 13.0. The van der Waals surface area contributed by atoms with Crippen LogP contribution < -0.4 is 4.74 Å². The molecule has 0 aliphatic carbocycles. The van der Waals surface area contributed by atoms with Gasteiger partial charge in [0.25, 0.3) is 0 Å². The summed E-state index contributed by atoms with van der Waals surface area (Å²) in [5, 5.41) is 1.01. The van der Waals surface area contributed by atoms with Crippen molar-refractivity contribution in [3.63, 3.8) is 0 Å². The molecule has 2 rings (SSSR count). The largest absolute Gasteiger partial charge is 0.490 e. The van der Waals surface area contributed by atoms with Gasteiger partial charge in [-0.15, -0.1) is 0 Å². The maximum atomic E-state index is 11.3. The molecular formula is C14H15NO3. The average Bonchev–Trinajstić information content (AvgIpc) is 2.43. The number of esters is 1. The Bertz CT molecular complexity index is 548. The van der Waals surface area contributed by atoms with Gasteiger partial charge in [-0.2, -0.15) is 0 Å². The van der Waals surface area contributed by atoms with E-state index in [1.807, 2.05) is 30.3 Å². The first kappa shape index (κ1) is 12.4. The standard InChI is InChI=1S/C14H15NO3/c1-10(14(16)17-2)9-18-12-7-3-5-11-6-4-8-15-13(11)12/h3-8,10H,9H2,1-2H3. The number of hydrogen-bond acceptors (Lipinski definition) is 4. The maximum absolute atomic E-state index is 11.3. The van der Waals surface area contributed by atoms with E-state index in [2.05, 4.69) is 9.72 Å². The van der Waals surface area contributed by atoms with Gasteiger partial charge < -0.3 is 9.47 Å². The first-order valence-electron chi connectivity index (χ1n) is 5.76. The molecule has 1 aromatic carbocycles. The predicted molar refractivity (Wildman–Crippen MR) is 68.4 cm³/mol. The Balaban J connectivity index is 2.15. The molecule has 2 aromatic rings. The summed E-state index contributed by atoms with van der Waals surface area (Å²) >= 11 is 0. The van der Waals surface area contributed by atoms with Gasteiger partial charge in [0.05, 0.1) is 13.0 Å². The van der Waals surface area contributed by atoms with E-state index in [-0.39, 0.29) is 18.5 Å². The summed E-state index contributed by atoms with van der Waals surface area (Å²) in [6.07, 6.45) is 1.72. The van der Waals surface area contributed by atoms with Crippen LogP contribution in [0.2, 0.25) is 0 Å². The van der Waals surface area contributed by atoms with Crippen LogP contribution in [-0.4, -0.2) is 24.7 Å². The van der Waals surface area contributed by atoms with Crippen molar-refractivity contribution >= 4 is 16.9 Å². The van der Waals surface area contributed by atoms with Crippen molar-refractivity contribution in [3.05, 3.63) is 36.5 Å². The number of ether oxygens (including phenoxy) is 2. The van der Waals surface area contributed by atoms with E-state index < -0.39 is 0 Å². The predicted octanol–water partition coefficient (Wildman–Crippen LogP) is 2.42. The van der Waals surface area contributed by atoms with Crippen molar-refractivity contribution in [3.8, 4) is 5.75 Å². The molecule has 0 aliphatic rings. The monoisotopic (exact) mass is 245 g/mol. The number of methoxy groups -OCH3 is 1. The second-order valence-corrected chi connectivity index (χ2v) is 4.07. The zero-order valence-electron chi connectivity index (χ0n) is 10.4. The van der Waals surface area contributed by atoms with Crippen LogP contribution in [0.5, 0.6) is 5.75 Å². The number of para-hydroxylation sites is 1. The van der Waals surface area contributed by atoms with E-state index in [0.717, 1.165) is 10.9 Å². The number of carbonyl (C=O) groups is 1. The van der Waals surface area contributed by atoms with Gasteiger partial charge in [-0.3, -0.25) is 9.78 Å². The smallest absolute Gasteiger partial charge is 0.311 e. The summed E-state index contributed by atoms with van der Waals surface area (Å²) in [5.74, 6) is 0.112. The Morgan fingerprint density at radius 3 is 2.89 bits per heavy atom. The Morgan fingerprint density at radius 2 is 2.11 bits per heavy atom. The minimum absolute atomic E-state index is 0.275. The molecule has 1 unspecified atom stereocenters. The Kier molecular flexibility index (Phi) is 3.77. The van der Waals surface area contributed by atoms with Crippen LogP contribution in [-0.2, 0) is 9.53 Å². The fourth-order valence-electron chi connectivity index (χ4n) is 1.68. The van der Waals surface area contributed by atoms with Crippen molar-refractivity contribution in [1.82, 2.24) is 4.98 Å². The van der Waals surface area contributed by atoms with Gasteiger partial charge >= 0.3 is 5.97 Å². The third kappa shape index (κ3) is 2.59. The normalized spacial score (nSPS) is 12.1. The van der Waals surface area contributed by atoms with Crippen LogP contribution in [0.1, 0.15) is 6.92 Å². The van der Waals surface area contributed by atoms with E-state index in [0.29, 0.717) is 5.75 Å². The van der Waals surface area contributed by atoms with Crippen LogP contribution in [0.3, 0.4) is 0 Å². The number of pyridine rings is 1. The van der Waals surface area contributed by atoms with E-state index in [1.165, 1.54) is 7.11 Å². The lowest BCUT2D eigenvalue weighted by Crippen LogP contribution is -2.20. The molecular weight excluding hydrogens is 230 g/mol. The number of nitrogens with zero attached hydrogens (tertiary/aromatic N) is 1. The summed E-state index contributed by atoms with van der Waals surface area (Å²) in [6, 6.07) is 9.57. The number of benzene rings is 1. The number of hydrogen-bond donors (Lipinski definition) is 0. The van der Waals surface area contributed by atoms with Crippen LogP contribution in [0.4, 0.5) is 0 Å². The molecule has 0 fully saturated rings. The third-order valence-electron chi connectivity index (χ3n) is 2.69. The van der Waals surface area contributed by atoms with Crippen molar-refractivity contribution in [2.45, 2.75) is 6.92 Å². The Hall–Kier alpha value is -2.10. The van der Waals surface area contributed by atoms with E-state index >= 15 is 0 Å². The van der Waals surface area contributed by atoms with Crippen molar-refractivity contribution in [2.75, 3.05) is 13.7 Å². The van der Waals surface area contributed by atoms with Gasteiger partial charge in [-0.05, 0) is 19.1 Å².